The molecule has 1 heterocycles. The lowest BCUT2D eigenvalue weighted by molar-refractivity contribution is 0.391. The average Bonchev–Trinajstić information content (AvgIpc) is 2.37. The first-order chi connectivity index (χ1) is 8.28. The number of nitrogens with zero attached hydrogens (tertiary/aromatic N) is 2. The largest absolute Gasteiger partial charge is 0.497 e. The van der Waals surface area contributed by atoms with Crippen LogP contribution in [-0.4, -0.2) is 24.2 Å². The Hall–Kier alpha value is -1.84. The lowest BCUT2D eigenvalue weighted by Gasteiger charge is -2.08. The van der Waals surface area contributed by atoms with Crippen LogP contribution in [0.4, 0.5) is 0 Å². The van der Waals surface area contributed by atoms with Gasteiger partial charge in [-0.1, -0.05) is 13.3 Å². The third kappa shape index (κ3) is 2.30. The molecule has 2 rings (SSSR count). The molecular weight excluding hydrogens is 216 g/mol. The second-order valence-electron chi connectivity index (χ2n) is 3.78. The molecule has 17 heavy (non-hydrogen) atoms. The Morgan fingerprint density at radius 2 is 1.88 bits per heavy atom. The Kier molecular flexibility index (Phi) is 3.42. The number of rotatable bonds is 4. The molecule has 0 aliphatic heterocycles. The maximum atomic E-state index is 5.26. The zero-order valence-corrected chi connectivity index (χ0v) is 10.4. The molecule has 0 aliphatic rings. The van der Waals surface area contributed by atoms with Gasteiger partial charge in [0.2, 0.25) is 5.88 Å². The summed E-state index contributed by atoms with van der Waals surface area (Å²) in [6.45, 7) is 2.11. The normalized spacial score (nSPS) is 10.5. The molecule has 0 fully saturated rings. The highest BCUT2D eigenvalue weighted by Crippen LogP contribution is 2.23. The Balaban J connectivity index is 2.57. The average molecular weight is 232 g/mol. The van der Waals surface area contributed by atoms with E-state index in [0.717, 1.165) is 35.3 Å². The summed E-state index contributed by atoms with van der Waals surface area (Å²) in [5.74, 6) is 1.41. The molecule has 2 aromatic rings. The summed E-state index contributed by atoms with van der Waals surface area (Å²) in [5, 5.41) is 0. The van der Waals surface area contributed by atoms with Crippen molar-refractivity contribution in [3.05, 3.63) is 23.9 Å². The van der Waals surface area contributed by atoms with Gasteiger partial charge in [-0.2, -0.15) is 0 Å². The SMILES string of the molecule is CCCc1nc2cc(OC)ccc2nc1OC. The van der Waals surface area contributed by atoms with Crippen LogP contribution in [0.2, 0.25) is 0 Å². The van der Waals surface area contributed by atoms with Crippen LogP contribution in [0.25, 0.3) is 11.0 Å². The van der Waals surface area contributed by atoms with E-state index < -0.39 is 0 Å². The van der Waals surface area contributed by atoms with E-state index in [0.29, 0.717) is 5.88 Å². The van der Waals surface area contributed by atoms with E-state index in [-0.39, 0.29) is 0 Å². The molecule has 4 nitrogen and oxygen atoms in total. The number of ether oxygens (including phenoxy) is 2. The Morgan fingerprint density at radius 1 is 1.06 bits per heavy atom. The van der Waals surface area contributed by atoms with Gasteiger partial charge in [0.25, 0.3) is 0 Å². The van der Waals surface area contributed by atoms with Crippen molar-refractivity contribution in [2.24, 2.45) is 0 Å². The molecule has 0 N–H and O–H groups in total. The van der Waals surface area contributed by atoms with Gasteiger partial charge in [-0.25, -0.2) is 9.97 Å². The minimum atomic E-state index is 0.615. The fourth-order valence-electron chi connectivity index (χ4n) is 1.74. The third-order valence-corrected chi connectivity index (χ3v) is 2.59. The second kappa shape index (κ2) is 4.99. The maximum Gasteiger partial charge on any atom is 0.235 e. The van der Waals surface area contributed by atoms with Gasteiger partial charge in [-0.05, 0) is 18.6 Å². The number of fused-ring (bicyclic) bond motifs is 1. The van der Waals surface area contributed by atoms with Crippen LogP contribution in [0.1, 0.15) is 19.0 Å². The van der Waals surface area contributed by atoms with Gasteiger partial charge in [-0.3, -0.25) is 0 Å². The zero-order valence-electron chi connectivity index (χ0n) is 10.4. The van der Waals surface area contributed by atoms with Crippen LogP contribution in [0, 0.1) is 0 Å². The molecule has 0 saturated carbocycles. The number of methoxy groups -OCH3 is 2. The van der Waals surface area contributed by atoms with Crippen molar-refractivity contribution in [3.8, 4) is 11.6 Å². The van der Waals surface area contributed by atoms with Gasteiger partial charge in [-0.15, -0.1) is 0 Å². The van der Waals surface area contributed by atoms with Gasteiger partial charge in [0.15, 0.2) is 0 Å². The molecule has 0 spiro atoms. The highest BCUT2D eigenvalue weighted by molar-refractivity contribution is 5.76. The van der Waals surface area contributed by atoms with Crippen LogP contribution < -0.4 is 9.47 Å². The van der Waals surface area contributed by atoms with Crippen LogP contribution in [-0.2, 0) is 6.42 Å². The predicted octanol–water partition coefficient (Wildman–Crippen LogP) is 2.60. The summed E-state index contributed by atoms with van der Waals surface area (Å²) in [4.78, 5) is 9.02. The van der Waals surface area contributed by atoms with Crippen LogP contribution >= 0.6 is 0 Å². The molecule has 0 unspecified atom stereocenters. The Bertz CT molecular complexity index is 526. The van der Waals surface area contributed by atoms with Crippen LogP contribution in [0.5, 0.6) is 11.6 Å². The number of benzene rings is 1. The smallest absolute Gasteiger partial charge is 0.235 e. The fraction of sp³-hybridized carbons (Fsp3) is 0.385. The quantitative estimate of drug-likeness (QED) is 0.812. The summed E-state index contributed by atoms with van der Waals surface area (Å²) in [6.07, 6.45) is 1.88. The van der Waals surface area contributed by atoms with E-state index in [9.17, 15) is 0 Å². The molecule has 0 amide bonds. The number of aryl methyl sites for hydroxylation is 1. The lowest BCUT2D eigenvalue weighted by Crippen LogP contribution is -1.99. The van der Waals surface area contributed by atoms with Crippen molar-refractivity contribution in [3.63, 3.8) is 0 Å². The first kappa shape index (κ1) is 11.6. The van der Waals surface area contributed by atoms with E-state index >= 15 is 0 Å². The molecule has 4 heteroatoms. The Morgan fingerprint density at radius 3 is 2.53 bits per heavy atom. The Labute approximate surface area is 101 Å². The van der Waals surface area contributed by atoms with Crippen molar-refractivity contribution in [2.45, 2.75) is 19.8 Å². The first-order valence-electron chi connectivity index (χ1n) is 5.67. The van der Waals surface area contributed by atoms with Gasteiger partial charge in [0, 0.05) is 6.07 Å². The van der Waals surface area contributed by atoms with Crippen LogP contribution in [0.3, 0.4) is 0 Å². The molecule has 1 aromatic carbocycles. The monoisotopic (exact) mass is 232 g/mol. The molecule has 0 bridgehead atoms. The van der Waals surface area contributed by atoms with Gasteiger partial charge < -0.3 is 9.47 Å². The molecule has 0 saturated heterocycles. The molecule has 90 valence electrons. The molecule has 0 atom stereocenters. The van der Waals surface area contributed by atoms with E-state index in [1.807, 2.05) is 18.2 Å². The fourth-order valence-corrected chi connectivity index (χ4v) is 1.74. The summed E-state index contributed by atoms with van der Waals surface area (Å²) in [6, 6.07) is 5.65. The molecule has 1 aromatic heterocycles. The van der Waals surface area contributed by atoms with Gasteiger partial charge in [0.1, 0.15) is 11.4 Å². The standard InChI is InChI=1S/C13H16N2O2/c1-4-5-11-13(17-3)15-10-7-6-9(16-2)8-12(10)14-11/h6-8H,4-5H2,1-3H3. The second-order valence-corrected chi connectivity index (χ2v) is 3.78. The summed E-state index contributed by atoms with van der Waals surface area (Å²) >= 11 is 0. The zero-order chi connectivity index (χ0) is 12.3. The predicted molar refractivity (Wildman–Crippen MR) is 66.6 cm³/mol. The molecular formula is C13H16N2O2. The third-order valence-electron chi connectivity index (χ3n) is 2.59. The van der Waals surface area contributed by atoms with Crippen LogP contribution in [0.15, 0.2) is 18.2 Å². The summed E-state index contributed by atoms with van der Waals surface area (Å²) in [5.41, 5.74) is 2.56. The highest BCUT2D eigenvalue weighted by atomic mass is 16.5. The van der Waals surface area contributed by atoms with E-state index in [2.05, 4.69) is 16.9 Å². The first-order valence-corrected chi connectivity index (χ1v) is 5.67. The summed E-state index contributed by atoms with van der Waals surface area (Å²) < 4.78 is 10.4. The minimum absolute atomic E-state index is 0.615. The number of aromatic nitrogens is 2. The minimum Gasteiger partial charge on any atom is -0.497 e. The van der Waals surface area contributed by atoms with Crippen molar-refractivity contribution in [1.82, 2.24) is 9.97 Å². The lowest BCUT2D eigenvalue weighted by atomic mass is 10.2. The van der Waals surface area contributed by atoms with Crippen molar-refractivity contribution < 1.29 is 9.47 Å². The van der Waals surface area contributed by atoms with E-state index in [1.54, 1.807) is 14.2 Å². The maximum absolute atomic E-state index is 5.26. The molecule has 0 radical (unpaired) electrons. The van der Waals surface area contributed by atoms with Crippen molar-refractivity contribution >= 4 is 11.0 Å². The van der Waals surface area contributed by atoms with E-state index in [4.69, 9.17) is 9.47 Å². The molecule has 0 aliphatic carbocycles. The van der Waals surface area contributed by atoms with Crippen molar-refractivity contribution in [1.29, 1.82) is 0 Å². The van der Waals surface area contributed by atoms with E-state index in [1.165, 1.54) is 0 Å². The number of hydrogen-bond acceptors (Lipinski definition) is 4. The van der Waals surface area contributed by atoms with Gasteiger partial charge in [0.05, 0.1) is 25.3 Å². The van der Waals surface area contributed by atoms with Gasteiger partial charge >= 0.3 is 0 Å². The number of hydrogen-bond donors (Lipinski definition) is 0. The van der Waals surface area contributed by atoms with Crippen molar-refractivity contribution in [2.75, 3.05) is 14.2 Å². The summed E-state index contributed by atoms with van der Waals surface area (Å²) in [7, 11) is 3.27. The topological polar surface area (TPSA) is 44.2 Å². The highest BCUT2D eigenvalue weighted by Gasteiger charge is 2.09.